The van der Waals surface area contributed by atoms with Gasteiger partial charge < -0.3 is 4.74 Å². The topological polar surface area (TPSA) is 61.0 Å². The van der Waals surface area contributed by atoms with E-state index in [1.807, 2.05) is 31.2 Å². The van der Waals surface area contributed by atoms with Crippen molar-refractivity contribution in [3.8, 4) is 17.1 Å². The van der Waals surface area contributed by atoms with E-state index in [2.05, 4.69) is 9.97 Å². The van der Waals surface area contributed by atoms with E-state index in [0.717, 1.165) is 11.1 Å². The van der Waals surface area contributed by atoms with Crippen molar-refractivity contribution in [2.45, 2.75) is 6.92 Å². The van der Waals surface area contributed by atoms with Gasteiger partial charge in [-0.05, 0) is 12.5 Å². The lowest BCUT2D eigenvalue weighted by Crippen LogP contribution is -2.07. The van der Waals surface area contributed by atoms with Gasteiger partial charge in [0, 0.05) is 5.56 Å². The standard InChI is InChI=1S/C12H13N3O/c1-9-4-2-3-5-11(9)12-14-6-10(7-15-12)16-8-13/h2-7H,8,13H2,1H3. The molecule has 1 aromatic heterocycles. The molecule has 0 radical (unpaired) electrons. The molecule has 0 unspecified atom stereocenters. The molecule has 2 aromatic rings. The van der Waals surface area contributed by atoms with Gasteiger partial charge in [0.25, 0.3) is 0 Å². The maximum atomic E-state index is 5.26. The second kappa shape index (κ2) is 4.72. The first-order chi connectivity index (χ1) is 7.81. The molecule has 0 bridgehead atoms. The Balaban J connectivity index is 2.31. The quantitative estimate of drug-likeness (QED) is 0.792. The van der Waals surface area contributed by atoms with Crippen LogP contribution in [0.25, 0.3) is 11.4 Å². The normalized spacial score (nSPS) is 10.1. The second-order valence-electron chi connectivity index (χ2n) is 3.37. The zero-order valence-electron chi connectivity index (χ0n) is 9.05. The summed E-state index contributed by atoms with van der Waals surface area (Å²) in [5.74, 6) is 1.28. The highest BCUT2D eigenvalue weighted by Crippen LogP contribution is 2.19. The Labute approximate surface area is 94.1 Å². The zero-order valence-corrected chi connectivity index (χ0v) is 9.05. The molecule has 0 aliphatic heterocycles. The van der Waals surface area contributed by atoms with Crippen LogP contribution in [0.3, 0.4) is 0 Å². The molecule has 16 heavy (non-hydrogen) atoms. The van der Waals surface area contributed by atoms with Gasteiger partial charge in [-0.2, -0.15) is 0 Å². The number of nitrogens with two attached hydrogens (primary N) is 1. The minimum Gasteiger partial charge on any atom is -0.475 e. The van der Waals surface area contributed by atoms with Crippen molar-refractivity contribution in [3.05, 3.63) is 42.2 Å². The number of ether oxygens (including phenoxy) is 1. The van der Waals surface area contributed by atoms with E-state index in [4.69, 9.17) is 10.5 Å². The lowest BCUT2D eigenvalue weighted by Gasteiger charge is -2.05. The van der Waals surface area contributed by atoms with Crippen LogP contribution in [0.15, 0.2) is 36.7 Å². The molecule has 0 fully saturated rings. The van der Waals surface area contributed by atoms with Crippen molar-refractivity contribution in [2.75, 3.05) is 6.73 Å². The molecule has 0 amide bonds. The van der Waals surface area contributed by atoms with E-state index in [9.17, 15) is 0 Å². The van der Waals surface area contributed by atoms with E-state index >= 15 is 0 Å². The van der Waals surface area contributed by atoms with Crippen LogP contribution in [-0.4, -0.2) is 16.7 Å². The highest BCUT2D eigenvalue weighted by Gasteiger charge is 2.03. The van der Waals surface area contributed by atoms with Gasteiger partial charge >= 0.3 is 0 Å². The van der Waals surface area contributed by atoms with Crippen LogP contribution in [0.2, 0.25) is 0 Å². The predicted molar refractivity (Wildman–Crippen MR) is 61.9 cm³/mol. The first-order valence-electron chi connectivity index (χ1n) is 5.02. The molecule has 0 saturated heterocycles. The average molecular weight is 215 g/mol. The van der Waals surface area contributed by atoms with Gasteiger partial charge in [0.2, 0.25) is 0 Å². The lowest BCUT2D eigenvalue weighted by molar-refractivity contribution is 0.327. The molecule has 2 rings (SSSR count). The summed E-state index contributed by atoms with van der Waals surface area (Å²) in [5, 5.41) is 0. The fourth-order valence-corrected chi connectivity index (χ4v) is 1.45. The molecule has 2 N–H and O–H groups in total. The summed E-state index contributed by atoms with van der Waals surface area (Å²) >= 11 is 0. The Kier molecular flexibility index (Phi) is 3.12. The summed E-state index contributed by atoms with van der Waals surface area (Å²) in [6.45, 7) is 2.16. The highest BCUT2D eigenvalue weighted by molar-refractivity contribution is 5.59. The molecule has 0 aliphatic rings. The zero-order chi connectivity index (χ0) is 11.4. The van der Waals surface area contributed by atoms with Crippen molar-refractivity contribution >= 4 is 0 Å². The number of aromatic nitrogens is 2. The molecular formula is C12H13N3O. The molecule has 0 aliphatic carbocycles. The number of aryl methyl sites for hydroxylation is 1. The fourth-order valence-electron chi connectivity index (χ4n) is 1.45. The van der Waals surface area contributed by atoms with E-state index in [1.165, 1.54) is 0 Å². The van der Waals surface area contributed by atoms with Gasteiger partial charge in [0.1, 0.15) is 6.73 Å². The predicted octanol–water partition coefficient (Wildman–Crippen LogP) is 1.75. The van der Waals surface area contributed by atoms with Crippen LogP contribution < -0.4 is 10.5 Å². The Bertz CT molecular complexity index is 468. The summed E-state index contributed by atoms with van der Waals surface area (Å²) in [7, 11) is 0. The Morgan fingerprint density at radius 2 is 1.88 bits per heavy atom. The van der Waals surface area contributed by atoms with Crippen molar-refractivity contribution in [3.63, 3.8) is 0 Å². The molecule has 4 nitrogen and oxygen atoms in total. The van der Waals surface area contributed by atoms with Crippen LogP contribution >= 0.6 is 0 Å². The summed E-state index contributed by atoms with van der Waals surface area (Å²) in [6, 6.07) is 7.98. The third-order valence-corrected chi connectivity index (χ3v) is 2.26. The van der Waals surface area contributed by atoms with Gasteiger partial charge in [-0.3, -0.25) is 5.73 Å². The van der Waals surface area contributed by atoms with Crippen molar-refractivity contribution in [1.29, 1.82) is 0 Å². The first kappa shape index (κ1) is 10.6. The molecule has 1 heterocycles. The third-order valence-electron chi connectivity index (χ3n) is 2.26. The molecule has 82 valence electrons. The molecule has 0 spiro atoms. The Morgan fingerprint density at radius 1 is 1.19 bits per heavy atom. The van der Waals surface area contributed by atoms with Crippen LogP contribution in [0.1, 0.15) is 5.56 Å². The summed E-state index contributed by atoms with van der Waals surface area (Å²) in [4.78, 5) is 8.47. The van der Waals surface area contributed by atoms with Gasteiger partial charge in [-0.25, -0.2) is 9.97 Å². The maximum Gasteiger partial charge on any atom is 0.159 e. The molecular weight excluding hydrogens is 202 g/mol. The third kappa shape index (κ3) is 2.17. The molecule has 4 heteroatoms. The van der Waals surface area contributed by atoms with E-state index in [0.29, 0.717) is 11.6 Å². The number of benzene rings is 1. The Morgan fingerprint density at radius 3 is 2.50 bits per heavy atom. The van der Waals surface area contributed by atoms with Gasteiger partial charge in [0.15, 0.2) is 11.6 Å². The summed E-state index contributed by atoms with van der Waals surface area (Å²) < 4.78 is 5.08. The minimum absolute atomic E-state index is 0.132. The largest absolute Gasteiger partial charge is 0.475 e. The molecule has 0 atom stereocenters. The second-order valence-corrected chi connectivity index (χ2v) is 3.37. The summed E-state index contributed by atoms with van der Waals surface area (Å²) in [5.41, 5.74) is 7.43. The molecule has 0 saturated carbocycles. The highest BCUT2D eigenvalue weighted by atomic mass is 16.5. The lowest BCUT2D eigenvalue weighted by atomic mass is 10.1. The van der Waals surface area contributed by atoms with Crippen LogP contribution in [-0.2, 0) is 0 Å². The Hall–Kier alpha value is -1.94. The first-order valence-corrected chi connectivity index (χ1v) is 5.02. The fraction of sp³-hybridized carbons (Fsp3) is 0.167. The van der Waals surface area contributed by atoms with Crippen LogP contribution in [0, 0.1) is 6.92 Å². The average Bonchev–Trinajstić information content (AvgIpc) is 2.31. The van der Waals surface area contributed by atoms with Gasteiger partial charge in [-0.15, -0.1) is 0 Å². The smallest absolute Gasteiger partial charge is 0.159 e. The number of hydrogen-bond donors (Lipinski definition) is 1. The molecule has 1 aromatic carbocycles. The van der Waals surface area contributed by atoms with Crippen molar-refractivity contribution in [2.24, 2.45) is 5.73 Å². The van der Waals surface area contributed by atoms with Crippen molar-refractivity contribution < 1.29 is 4.74 Å². The number of nitrogens with zero attached hydrogens (tertiary/aromatic N) is 2. The summed E-state index contributed by atoms with van der Waals surface area (Å²) in [6.07, 6.45) is 3.25. The van der Waals surface area contributed by atoms with Crippen LogP contribution in [0.5, 0.6) is 5.75 Å². The maximum absolute atomic E-state index is 5.26. The van der Waals surface area contributed by atoms with Crippen molar-refractivity contribution in [1.82, 2.24) is 9.97 Å². The SMILES string of the molecule is Cc1ccccc1-c1ncc(OCN)cn1. The van der Waals surface area contributed by atoms with Gasteiger partial charge in [0.05, 0.1) is 12.4 Å². The van der Waals surface area contributed by atoms with Gasteiger partial charge in [-0.1, -0.05) is 24.3 Å². The minimum atomic E-state index is 0.132. The number of hydrogen-bond acceptors (Lipinski definition) is 4. The van der Waals surface area contributed by atoms with E-state index < -0.39 is 0 Å². The van der Waals surface area contributed by atoms with E-state index in [1.54, 1.807) is 12.4 Å². The monoisotopic (exact) mass is 215 g/mol. The van der Waals surface area contributed by atoms with Crippen LogP contribution in [0.4, 0.5) is 0 Å². The van der Waals surface area contributed by atoms with E-state index in [-0.39, 0.29) is 6.73 Å². The number of rotatable bonds is 3.